The van der Waals surface area contributed by atoms with Crippen molar-refractivity contribution in [1.29, 1.82) is 0 Å². The zero-order valence-corrected chi connectivity index (χ0v) is 14.2. The van der Waals surface area contributed by atoms with Crippen molar-refractivity contribution >= 4 is 31.6 Å². The maximum atomic E-state index is 12.3. The summed E-state index contributed by atoms with van der Waals surface area (Å²) < 4.78 is 33.1. The number of methoxy groups -OCH3 is 1. The van der Waals surface area contributed by atoms with Crippen molar-refractivity contribution in [1.82, 2.24) is 0 Å². The fourth-order valence-corrected chi connectivity index (χ4v) is 3.66. The number of rotatable bonds is 5. The van der Waals surface area contributed by atoms with Gasteiger partial charge in [-0.15, -0.1) is 0 Å². The van der Waals surface area contributed by atoms with Gasteiger partial charge in [-0.05, 0) is 24.6 Å². The van der Waals surface area contributed by atoms with Crippen LogP contribution in [0.15, 0.2) is 46.9 Å². The molecule has 2 aromatic rings. The van der Waals surface area contributed by atoms with Crippen LogP contribution in [0.25, 0.3) is 0 Å². The molecule has 0 aliphatic rings. The first-order valence-corrected chi connectivity index (χ1v) is 8.74. The Hall–Kier alpha value is -1.53. The molecular formula is C15H16BrNO3S. The monoisotopic (exact) mass is 369 g/mol. The summed E-state index contributed by atoms with van der Waals surface area (Å²) in [6.45, 7) is 1.81. The van der Waals surface area contributed by atoms with Gasteiger partial charge in [0.15, 0.2) is 0 Å². The lowest BCUT2D eigenvalue weighted by Gasteiger charge is -2.14. The summed E-state index contributed by atoms with van der Waals surface area (Å²) in [6, 6.07) is 12.6. The van der Waals surface area contributed by atoms with Gasteiger partial charge in [-0.25, -0.2) is 8.42 Å². The molecule has 21 heavy (non-hydrogen) atoms. The Morgan fingerprint density at radius 3 is 2.48 bits per heavy atom. The highest BCUT2D eigenvalue weighted by atomic mass is 79.9. The summed E-state index contributed by atoms with van der Waals surface area (Å²) in [5.41, 5.74) is 2.00. The van der Waals surface area contributed by atoms with Crippen LogP contribution in [-0.4, -0.2) is 15.5 Å². The van der Waals surface area contributed by atoms with E-state index in [0.29, 0.717) is 11.4 Å². The first-order valence-electron chi connectivity index (χ1n) is 6.30. The Bertz CT molecular complexity index is 730. The average Bonchev–Trinajstić information content (AvgIpc) is 2.42. The molecule has 0 fully saturated rings. The highest BCUT2D eigenvalue weighted by Gasteiger charge is 2.15. The third-order valence-electron chi connectivity index (χ3n) is 3.01. The highest BCUT2D eigenvalue weighted by Crippen LogP contribution is 2.31. The van der Waals surface area contributed by atoms with E-state index in [0.717, 1.165) is 15.6 Å². The summed E-state index contributed by atoms with van der Waals surface area (Å²) in [7, 11) is -1.93. The Morgan fingerprint density at radius 1 is 1.19 bits per heavy atom. The summed E-state index contributed by atoms with van der Waals surface area (Å²) >= 11 is 3.35. The molecule has 4 nitrogen and oxygen atoms in total. The Balaban J connectivity index is 2.27. The SMILES string of the molecule is COc1cc(Br)cc(NS(=O)(=O)Cc2ccccc2)c1C. The maximum Gasteiger partial charge on any atom is 0.236 e. The summed E-state index contributed by atoms with van der Waals surface area (Å²) in [5, 5.41) is 0. The first kappa shape index (κ1) is 15.9. The zero-order chi connectivity index (χ0) is 15.5. The predicted molar refractivity (Wildman–Crippen MR) is 88.1 cm³/mol. The average molecular weight is 370 g/mol. The minimum absolute atomic E-state index is 0.0674. The van der Waals surface area contributed by atoms with Gasteiger partial charge in [-0.2, -0.15) is 0 Å². The third kappa shape index (κ3) is 4.22. The minimum Gasteiger partial charge on any atom is -0.496 e. The second-order valence-electron chi connectivity index (χ2n) is 4.63. The van der Waals surface area contributed by atoms with Crippen molar-refractivity contribution in [3.8, 4) is 5.75 Å². The maximum absolute atomic E-state index is 12.3. The largest absolute Gasteiger partial charge is 0.496 e. The molecule has 0 saturated heterocycles. The molecule has 0 unspecified atom stereocenters. The van der Waals surface area contributed by atoms with Crippen molar-refractivity contribution < 1.29 is 13.2 Å². The van der Waals surface area contributed by atoms with Crippen LogP contribution in [0.4, 0.5) is 5.69 Å². The minimum atomic E-state index is -3.48. The fraction of sp³-hybridized carbons (Fsp3) is 0.200. The third-order valence-corrected chi connectivity index (χ3v) is 4.71. The molecule has 2 aromatic carbocycles. The van der Waals surface area contributed by atoms with E-state index in [1.807, 2.05) is 25.1 Å². The van der Waals surface area contributed by atoms with Gasteiger partial charge >= 0.3 is 0 Å². The molecule has 112 valence electrons. The second-order valence-corrected chi connectivity index (χ2v) is 7.27. The van der Waals surface area contributed by atoms with Crippen LogP contribution in [0.1, 0.15) is 11.1 Å². The number of ether oxygens (including phenoxy) is 1. The van der Waals surface area contributed by atoms with E-state index in [1.165, 1.54) is 0 Å². The number of hydrogen-bond donors (Lipinski definition) is 1. The van der Waals surface area contributed by atoms with Crippen molar-refractivity contribution in [2.24, 2.45) is 0 Å². The van der Waals surface area contributed by atoms with Crippen molar-refractivity contribution in [3.63, 3.8) is 0 Å². The molecule has 0 saturated carbocycles. The van der Waals surface area contributed by atoms with E-state index in [9.17, 15) is 8.42 Å². The molecule has 0 aromatic heterocycles. The van der Waals surface area contributed by atoms with Gasteiger partial charge in [-0.3, -0.25) is 4.72 Å². The van der Waals surface area contributed by atoms with Crippen molar-refractivity contribution in [3.05, 3.63) is 58.1 Å². The Morgan fingerprint density at radius 2 is 1.86 bits per heavy atom. The lowest BCUT2D eigenvalue weighted by Crippen LogP contribution is -2.16. The predicted octanol–water partition coefficient (Wildman–Crippen LogP) is 3.71. The van der Waals surface area contributed by atoms with Crippen LogP contribution in [0.5, 0.6) is 5.75 Å². The molecule has 0 aliphatic heterocycles. The molecule has 0 heterocycles. The van der Waals surface area contributed by atoms with Crippen molar-refractivity contribution in [2.45, 2.75) is 12.7 Å². The van der Waals surface area contributed by atoms with Crippen LogP contribution < -0.4 is 9.46 Å². The van der Waals surface area contributed by atoms with E-state index in [4.69, 9.17) is 4.74 Å². The van der Waals surface area contributed by atoms with Gasteiger partial charge in [-0.1, -0.05) is 46.3 Å². The highest BCUT2D eigenvalue weighted by molar-refractivity contribution is 9.10. The lowest BCUT2D eigenvalue weighted by molar-refractivity contribution is 0.411. The number of anilines is 1. The smallest absolute Gasteiger partial charge is 0.236 e. The quantitative estimate of drug-likeness (QED) is 0.873. The van der Waals surface area contributed by atoms with E-state index >= 15 is 0 Å². The van der Waals surface area contributed by atoms with Gasteiger partial charge in [0.25, 0.3) is 0 Å². The van der Waals surface area contributed by atoms with Gasteiger partial charge in [0.05, 0.1) is 18.6 Å². The molecule has 0 aliphatic carbocycles. The number of halogens is 1. The molecule has 0 spiro atoms. The molecule has 0 radical (unpaired) electrons. The van der Waals surface area contributed by atoms with Gasteiger partial charge in [0.1, 0.15) is 5.75 Å². The first-order chi connectivity index (χ1) is 9.91. The summed E-state index contributed by atoms with van der Waals surface area (Å²) in [4.78, 5) is 0. The van der Waals surface area contributed by atoms with E-state index in [1.54, 1.807) is 31.4 Å². The standard InChI is InChI=1S/C15H16BrNO3S/c1-11-14(8-13(16)9-15(11)20-2)17-21(18,19)10-12-6-4-3-5-7-12/h3-9,17H,10H2,1-2H3. The molecule has 1 N–H and O–H groups in total. The lowest BCUT2D eigenvalue weighted by atomic mass is 10.2. The van der Waals surface area contributed by atoms with E-state index in [2.05, 4.69) is 20.7 Å². The normalized spacial score (nSPS) is 11.2. The van der Waals surface area contributed by atoms with Crippen LogP contribution >= 0.6 is 15.9 Å². The Labute approximate surface area is 133 Å². The fourth-order valence-electron chi connectivity index (χ4n) is 1.97. The van der Waals surface area contributed by atoms with Crippen LogP contribution in [0.2, 0.25) is 0 Å². The van der Waals surface area contributed by atoms with Gasteiger partial charge in [0.2, 0.25) is 10.0 Å². The number of sulfonamides is 1. The second kappa shape index (κ2) is 6.49. The van der Waals surface area contributed by atoms with Crippen molar-refractivity contribution in [2.75, 3.05) is 11.8 Å². The molecule has 6 heteroatoms. The summed E-state index contributed by atoms with van der Waals surface area (Å²) in [6.07, 6.45) is 0. The van der Waals surface area contributed by atoms with Crippen LogP contribution in [0.3, 0.4) is 0 Å². The number of nitrogens with one attached hydrogen (secondary N) is 1. The zero-order valence-electron chi connectivity index (χ0n) is 11.8. The molecular weight excluding hydrogens is 354 g/mol. The van der Waals surface area contributed by atoms with E-state index < -0.39 is 10.0 Å². The topological polar surface area (TPSA) is 55.4 Å². The van der Waals surface area contributed by atoms with Crippen LogP contribution in [0, 0.1) is 6.92 Å². The van der Waals surface area contributed by atoms with Gasteiger partial charge in [0, 0.05) is 10.0 Å². The van der Waals surface area contributed by atoms with E-state index in [-0.39, 0.29) is 5.75 Å². The number of hydrogen-bond acceptors (Lipinski definition) is 3. The molecule has 2 rings (SSSR count). The molecule has 0 bridgehead atoms. The van der Waals surface area contributed by atoms with Crippen LogP contribution in [-0.2, 0) is 15.8 Å². The summed E-state index contributed by atoms with van der Waals surface area (Å²) in [5.74, 6) is 0.559. The van der Waals surface area contributed by atoms with Gasteiger partial charge < -0.3 is 4.74 Å². The Kier molecular flexibility index (Phi) is 4.90. The number of benzene rings is 2. The molecule has 0 amide bonds. The molecule has 0 atom stereocenters.